The van der Waals surface area contributed by atoms with Crippen LogP contribution in [0.25, 0.3) is 0 Å². The van der Waals surface area contributed by atoms with E-state index in [-0.39, 0.29) is 0 Å². The predicted molar refractivity (Wildman–Crippen MR) is 55.0 cm³/mol. The molecular formula is C9H20N4. The van der Waals surface area contributed by atoms with Gasteiger partial charge in [-0.05, 0) is 18.8 Å². The van der Waals surface area contributed by atoms with Crippen LogP contribution in [-0.4, -0.2) is 24.5 Å². The Morgan fingerprint density at radius 2 is 2.00 bits per heavy atom. The first-order chi connectivity index (χ1) is 6.24. The summed E-state index contributed by atoms with van der Waals surface area (Å²) in [4.78, 5) is 1.94. The molecule has 0 amide bonds. The van der Waals surface area contributed by atoms with E-state index < -0.39 is 0 Å². The van der Waals surface area contributed by atoms with Gasteiger partial charge in [0.15, 0.2) is 0 Å². The third-order valence-electron chi connectivity index (χ3n) is 2.78. The third-order valence-corrected chi connectivity index (χ3v) is 2.78. The molecule has 1 saturated carbocycles. The van der Waals surface area contributed by atoms with Crippen molar-refractivity contribution in [3.05, 3.63) is 0 Å². The second kappa shape index (κ2) is 4.94. The van der Waals surface area contributed by atoms with Gasteiger partial charge in [-0.2, -0.15) is 0 Å². The van der Waals surface area contributed by atoms with Gasteiger partial charge in [-0.3, -0.25) is 0 Å². The number of hydrogen-bond donors (Lipinski definition) is 2. The highest BCUT2D eigenvalue weighted by atomic mass is 15.3. The van der Waals surface area contributed by atoms with Crippen molar-refractivity contribution in [3.8, 4) is 0 Å². The molecule has 0 aromatic heterocycles. The maximum Gasteiger partial charge on any atom is 0.213 e. The zero-order valence-corrected chi connectivity index (χ0v) is 8.37. The Kier molecular flexibility index (Phi) is 3.86. The van der Waals surface area contributed by atoms with Crippen LogP contribution in [-0.2, 0) is 0 Å². The molecule has 0 saturated heterocycles. The molecule has 0 aromatic carbocycles. The van der Waals surface area contributed by atoms with Crippen molar-refractivity contribution in [2.24, 2.45) is 22.6 Å². The lowest BCUT2D eigenvalue weighted by atomic mass is 9.89. The third kappa shape index (κ3) is 3.13. The van der Waals surface area contributed by atoms with Gasteiger partial charge in [-0.15, -0.1) is 5.10 Å². The summed E-state index contributed by atoms with van der Waals surface area (Å²) < 4.78 is 0. The Bertz CT molecular complexity index is 172. The van der Waals surface area contributed by atoms with Gasteiger partial charge in [0.25, 0.3) is 0 Å². The summed E-state index contributed by atoms with van der Waals surface area (Å²) in [6.45, 7) is 0.993. The summed E-state index contributed by atoms with van der Waals surface area (Å²) in [5.74, 6) is 6.31. The number of rotatable bonds is 2. The molecule has 0 spiro atoms. The van der Waals surface area contributed by atoms with Crippen LogP contribution in [0.4, 0.5) is 0 Å². The molecule has 4 nitrogen and oxygen atoms in total. The first kappa shape index (κ1) is 10.2. The molecule has 0 aliphatic heterocycles. The minimum absolute atomic E-state index is 0.436. The van der Waals surface area contributed by atoms with Gasteiger partial charge in [-0.1, -0.05) is 19.3 Å². The van der Waals surface area contributed by atoms with Crippen LogP contribution in [0.5, 0.6) is 0 Å². The number of nitrogens with two attached hydrogens (primary N) is 2. The summed E-state index contributed by atoms with van der Waals surface area (Å²) in [7, 11) is 1.94. The molecule has 0 bridgehead atoms. The van der Waals surface area contributed by atoms with Crippen LogP contribution in [0.2, 0.25) is 0 Å². The molecule has 1 aliphatic rings. The average Bonchev–Trinajstić information content (AvgIpc) is 2.18. The smallest absolute Gasteiger partial charge is 0.213 e. The molecule has 0 aromatic rings. The second-order valence-corrected chi connectivity index (χ2v) is 3.87. The van der Waals surface area contributed by atoms with E-state index >= 15 is 0 Å². The lowest BCUT2D eigenvalue weighted by Gasteiger charge is -2.27. The topological polar surface area (TPSA) is 67.6 Å². The van der Waals surface area contributed by atoms with Crippen LogP contribution < -0.4 is 11.6 Å². The largest absolute Gasteiger partial charge is 0.368 e. The summed E-state index contributed by atoms with van der Waals surface area (Å²) in [6.07, 6.45) is 6.75. The zero-order valence-electron chi connectivity index (χ0n) is 8.37. The van der Waals surface area contributed by atoms with E-state index in [1.54, 1.807) is 0 Å². The highest BCUT2D eigenvalue weighted by molar-refractivity contribution is 5.77. The Hall–Kier alpha value is -0.930. The number of nitrogens with zero attached hydrogens (tertiary/aromatic N) is 2. The van der Waals surface area contributed by atoms with Gasteiger partial charge in [0.1, 0.15) is 0 Å². The van der Waals surface area contributed by atoms with E-state index in [2.05, 4.69) is 5.10 Å². The maximum absolute atomic E-state index is 5.58. The highest BCUT2D eigenvalue weighted by Crippen LogP contribution is 2.23. The molecule has 0 atom stereocenters. The Morgan fingerprint density at radius 1 is 1.38 bits per heavy atom. The molecule has 0 heterocycles. The second-order valence-electron chi connectivity index (χ2n) is 3.87. The number of guanidine groups is 1. The fourth-order valence-corrected chi connectivity index (χ4v) is 1.95. The summed E-state index contributed by atoms with van der Waals surface area (Å²) >= 11 is 0. The Labute approximate surface area is 80.0 Å². The molecule has 1 aliphatic carbocycles. The van der Waals surface area contributed by atoms with E-state index in [1.165, 1.54) is 32.1 Å². The van der Waals surface area contributed by atoms with Gasteiger partial charge in [0.05, 0.1) is 0 Å². The van der Waals surface area contributed by atoms with Gasteiger partial charge in [0, 0.05) is 13.6 Å². The highest BCUT2D eigenvalue weighted by Gasteiger charge is 2.15. The Morgan fingerprint density at radius 3 is 2.54 bits per heavy atom. The maximum atomic E-state index is 5.58. The standard InChI is InChI=1S/C9H20N4/c1-13(9(10)12-11)7-8-5-3-2-4-6-8/h8H,2-7,11H2,1H3,(H2,10,12). The van der Waals surface area contributed by atoms with Crippen LogP contribution in [0, 0.1) is 5.92 Å². The molecule has 4 heteroatoms. The first-order valence-electron chi connectivity index (χ1n) is 4.98. The van der Waals surface area contributed by atoms with E-state index in [9.17, 15) is 0 Å². The minimum atomic E-state index is 0.436. The van der Waals surface area contributed by atoms with Crippen molar-refractivity contribution in [2.45, 2.75) is 32.1 Å². The van der Waals surface area contributed by atoms with Crippen molar-refractivity contribution in [1.29, 1.82) is 0 Å². The van der Waals surface area contributed by atoms with Crippen LogP contribution >= 0.6 is 0 Å². The molecule has 76 valence electrons. The van der Waals surface area contributed by atoms with Gasteiger partial charge in [0.2, 0.25) is 5.96 Å². The van der Waals surface area contributed by atoms with Crippen molar-refractivity contribution >= 4 is 5.96 Å². The van der Waals surface area contributed by atoms with Gasteiger partial charge >= 0.3 is 0 Å². The molecule has 4 N–H and O–H groups in total. The molecule has 1 fully saturated rings. The number of hydrazone groups is 1. The average molecular weight is 184 g/mol. The van der Waals surface area contributed by atoms with Crippen LogP contribution in [0.3, 0.4) is 0 Å². The van der Waals surface area contributed by atoms with Gasteiger partial charge in [-0.25, -0.2) is 0 Å². The Balaban J connectivity index is 2.30. The van der Waals surface area contributed by atoms with Crippen molar-refractivity contribution in [1.82, 2.24) is 4.90 Å². The molecule has 0 unspecified atom stereocenters. The molecule has 13 heavy (non-hydrogen) atoms. The SMILES string of the molecule is CN(CC1CCCCC1)C(N)=NN. The van der Waals surface area contributed by atoms with Crippen molar-refractivity contribution in [2.75, 3.05) is 13.6 Å². The monoisotopic (exact) mass is 184 g/mol. The van der Waals surface area contributed by atoms with Crippen LogP contribution in [0.1, 0.15) is 32.1 Å². The minimum Gasteiger partial charge on any atom is -0.368 e. The van der Waals surface area contributed by atoms with Gasteiger partial charge < -0.3 is 16.5 Å². The first-order valence-corrected chi connectivity index (χ1v) is 4.98. The fourth-order valence-electron chi connectivity index (χ4n) is 1.95. The summed E-state index contributed by atoms with van der Waals surface area (Å²) in [6, 6.07) is 0. The molecule has 0 radical (unpaired) electrons. The fraction of sp³-hybridized carbons (Fsp3) is 0.889. The van der Waals surface area contributed by atoms with E-state index in [0.29, 0.717) is 5.96 Å². The van der Waals surface area contributed by atoms with E-state index in [0.717, 1.165) is 12.5 Å². The predicted octanol–water partition coefficient (Wildman–Crippen LogP) is 0.687. The van der Waals surface area contributed by atoms with Crippen molar-refractivity contribution < 1.29 is 0 Å². The number of hydrogen-bond acceptors (Lipinski definition) is 2. The summed E-state index contributed by atoms with van der Waals surface area (Å²) in [5, 5.41) is 3.47. The normalized spacial score (nSPS) is 20.2. The lowest BCUT2D eigenvalue weighted by molar-refractivity contribution is 0.294. The zero-order chi connectivity index (χ0) is 9.68. The quantitative estimate of drug-likeness (QED) is 0.287. The lowest BCUT2D eigenvalue weighted by Crippen LogP contribution is -2.38. The van der Waals surface area contributed by atoms with E-state index in [1.807, 2.05) is 11.9 Å². The van der Waals surface area contributed by atoms with Crippen LogP contribution in [0.15, 0.2) is 5.10 Å². The summed E-state index contributed by atoms with van der Waals surface area (Å²) in [5.41, 5.74) is 5.58. The van der Waals surface area contributed by atoms with E-state index in [4.69, 9.17) is 11.6 Å². The molecule has 1 rings (SSSR count). The molecular weight excluding hydrogens is 164 g/mol. The van der Waals surface area contributed by atoms with Crippen molar-refractivity contribution in [3.63, 3.8) is 0 Å².